The Morgan fingerprint density at radius 3 is 2.56 bits per heavy atom. The van der Waals surface area contributed by atoms with E-state index < -0.39 is 17.5 Å². The van der Waals surface area contributed by atoms with E-state index in [4.69, 9.17) is 0 Å². The standard InChI is InChI=1S/C17H20F2N4O2/c1-17(2,3)23-10-12(9-21-23)22-15(24)6-7-20-16(25)13-5-4-11(18)8-14(13)19/h4-5,8-10H,6-7H2,1-3H3,(H,20,25)(H,22,24). The molecule has 2 N–H and O–H groups in total. The molecule has 8 heteroatoms. The Morgan fingerprint density at radius 2 is 1.96 bits per heavy atom. The van der Waals surface area contributed by atoms with E-state index in [0.717, 1.165) is 12.1 Å². The number of amides is 2. The summed E-state index contributed by atoms with van der Waals surface area (Å²) >= 11 is 0. The predicted molar refractivity (Wildman–Crippen MR) is 89.2 cm³/mol. The molecule has 0 saturated heterocycles. The number of hydrogen-bond acceptors (Lipinski definition) is 3. The first-order valence-corrected chi connectivity index (χ1v) is 7.75. The number of aromatic nitrogens is 2. The summed E-state index contributed by atoms with van der Waals surface area (Å²) in [5.74, 6) is -2.72. The van der Waals surface area contributed by atoms with Crippen LogP contribution in [0.5, 0.6) is 0 Å². The Bertz CT molecular complexity index is 781. The van der Waals surface area contributed by atoms with E-state index in [2.05, 4.69) is 15.7 Å². The fourth-order valence-electron chi connectivity index (χ4n) is 2.04. The highest BCUT2D eigenvalue weighted by atomic mass is 19.1. The first-order valence-electron chi connectivity index (χ1n) is 7.75. The van der Waals surface area contributed by atoms with Gasteiger partial charge in [0.2, 0.25) is 5.91 Å². The van der Waals surface area contributed by atoms with E-state index >= 15 is 0 Å². The van der Waals surface area contributed by atoms with E-state index in [1.807, 2.05) is 20.8 Å². The number of rotatable bonds is 5. The summed E-state index contributed by atoms with van der Waals surface area (Å²) in [6, 6.07) is 2.69. The van der Waals surface area contributed by atoms with Crippen LogP contribution in [0.1, 0.15) is 37.6 Å². The Labute approximate surface area is 144 Å². The average Bonchev–Trinajstić information content (AvgIpc) is 2.95. The molecule has 2 amide bonds. The molecule has 25 heavy (non-hydrogen) atoms. The predicted octanol–water partition coefficient (Wildman–Crippen LogP) is 2.67. The number of benzene rings is 1. The smallest absolute Gasteiger partial charge is 0.254 e. The first kappa shape index (κ1) is 18.6. The van der Waals surface area contributed by atoms with Gasteiger partial charge in [0.05, 0.1) is 23.0 Å². The van der Waals surface area contributed by atoms with E-state index in [9.17, 15) is 18.4 Å². The SMILES string of the molecule is CC(C)(C)n1cc(NC(=O)CCNC(=O)c2ccc(F)cc2F)cn1. The molecule has 0 spiro atoms. The van der Waals surface area contributed by atoms with E-state index in [0.29, 0.717) is 11.8 Å². The van der Waals surface area contributed by atoms with Crippen LogP contribution in [-0.4, -0.2) is 28.1 Å². The largest absolute Gasteiger partial charge is 0.351 e. The number of hydrogen-bond donors (Lipinski definition) is 2. The zero-order valence-corrected chi connectivity index (χ0v) is 14.3. The molecule has 2 aromatic rings. The van der Waals surface area contributed by atoms with Crippen LogP contribution in [0.2, 0.25) is 0 Å². The van der Waals surface area contributed by atoms with Crippen molar-refractivity contribution in [2.75, 3.05) is 11.9 Å². The summed E-state index contributed by atoms with van der Waals surface area (Å²) in [6.45, 7) is 5.97. The van der Waals surface area contributed by atoms with Gasteiger partial charge in [-0.25, -0.2) is 8.78 Å². The topological polar surface area (TPSA) is 76.0 Å². The minimum absolute atomic E-state index is 0.00918. The van der Waals surface area contributed by atoms with E-state index in [1.165, 1.54) is 6.20 Å². The van der Waals surface area contributed by atoms with Crippen molar-refractivity contribution in [3.05, 3.63) is 47.8 Å². The minimum atomic E-state index is -0.948. The molecule has 2 rings (SSSR count). The molecule has 1 aromatic carbocycles. The molecule has 6 nitrogen and oxygen atoms in total. The summed E-state index contributed by atoms with van der Waals surface area (Å²) < 4.78 is 28.0. The second kappa shape index (κ2) is 7.42. The number of nitrogens with zero attached hydrogens (tertiary/aromatic N) is 2. The molecule has 0 bridgehead atoms. The van der Waals surface area contributed by atoms with Crippen molar-refractivity contribution in [2.24, 2.45) is 0 Å². The van der Waals surface area contributed by atoms with Gasteiger partial charge in [0.25, 0.3) is 5.91 Å². The summed E-state index contributed by atoms with van der Waals surface area (Å²) in [7, 11) is 0. The summed E-state index contributed by atoms with van der Waals surface area (Å²) in [5.41, 5.74) is 0.0833. The van der Waals surface area contributed by atoms with E-state index in [-0.39, 0.29) is 30.0 Å². The van der Waals surface area contributed by atoms with Crippen LogP contribution in [0, 0.1) is 11.6 Å². The third-order valence-electron chi connectivity index (χ3n) is 3.37. The Morgan fingerprint density at radius 1 is 1.24 bits per heavy atom. The summed E-state index contributed by atoms with van der Waals surface area (Å²) in [4.78, 5) is 23.7. The van der Waals surface area contributed by atoms with Gasteiger partial charge in [-0.3, -0.25) is 14.3 Å². The maximum Gasteiger partial charge on any atom is 0.254 e. The normalized spacial score (nSPS) is 11.2. The molecule has 1 aromatic heterocycles. The Balaban J connectivity index is 1.82. The lowest BCUT2D eigenvalue weighted by atomic mass is 10.1. The molecule has 0 atom stereocenters. The molecule has 0 aliphatic rings. The monoisotopic (exact) mass is 350 g/mol. The zero-order valence-electron chi connectivity index (χ0n) is 14.3. The molecule has 0 unspecified atom stereocenters. The van der Waals surface area contributed by atoms with Gasteiger partial charge in [-0.1, -0.05) is 0 Å². The number of nitrogens with one attached hydrogen (secondary N) is 2. The lowest BCUT2D eigenvalue weighted by molar-refractivity contribution is -0.116. The highest BCUT2D eigenvalue weighted by Crippen LogP contribution is 2.15. The molecular weight excluding hydrogens is 330 g/mol. The maximum atomic E-state index is 13.5. The molecule has 0 radical (unpaired) electrons. The first-order chi connectivity index (χ1) is 11.7. The van der Waals surface area contributed by atoms with Crippen molar-refractivity contribution in [3.63, 3.8) is 0 Å². The van der Waals surface area contributed by atoms with Gasteiger partial charge in [-0.05, 0) is 32.9 Å². The van der Waals surface area contributed by atoms with Crippen LogP contribution >= 0.6 is 0 Å². The lowest BCUT2D eigenvalue weighted by Gasteiger charge is -2.18. The molecule has 0 fully saturated rings. The van der Waals surface area contributed by atoms with Gasteiger partial charge in [-0.2, -0.15) is 5.10 Å². The van der Waals surface area contributed by atoms with Gasteiger partial charge in [0, 0.05) is 25.2 Å². The highest BCUT2D eigenvalue weighted by Gasteiger charge is 2.15. The van der Waals surface area contributed by atoms with Gasteiger partial charge in [0.15, 0.2) is 0 Å². The molecular formula is C17H20F2N4O2. The van der Waals surface area contributed by atoms with Gasteiger partial charge in [-0.15, -0.1) is 0 Å². The van der Waals surface area contributed by atoms with Crippen LogP contribution in [0.4, 0.5) is 14.5 Å². The van der Waals surface area contributed by atoms with Crippen molar-refractivity contribution < 1.29 is 18.4 Å². The van der Waals surface area contributed by atoms with Gasteiger partial charge < -0.3 is 10.6 Å². The van der Waals surface area contributed by atoms with E-state index in [1.54, 1.807) is 10.9 Å². The Kier molecular flexibility index (Phi) is 5.51. The van der Waals surface area contributed by atoms with Crippen molar-refractivity contribution in [2.45, 2.75) is 32.7 Å². The highest BCUT2D eigenvalue weighted by molar-refractivity contribution is 5.95. The number of anilines is 1. The minimum Gasteiger partial charge on any atom is -0.351 e. The van der Waals surface area contributed by atoms with Crippen molar-refractivity contribution in [1.82, 2.24) is 15.1 Å². The fraction of sp³-hybridized carbons (Fsp3) is 0.353. The molecule has 0 aliphatic carbocycles. The number of carbonyl (C=O) groups is 2. The van der Waals surface area contributed by atoms with Crippen molar-refractivity contribution >= 4 is 17.5 Å². The molecule has 1 heterocycles. The maximum absolute atomic E-state index is 13.5. The second-order valence-electron chi connectivity index (χ2n) is 6.52. The zero-order chi connectivity index (χ0) is 18.6. The second-order valence-corrected chi connectivity index (χ2v) is 6.52. The Hall–Kier alpha value is -2.77. The summed E-state index contributed by atoms with van der Waals surface area (Å²) in [6.07, 6.45) is 3.26. The molecule has 0 saturated carbocycles. The molecule has 0 aliphatic heterocycles. The van der Waals surface area contributed by atoms with Gasteiger partial charge >= 0.3 is 0 Å². The summed E-state index contributed by atoms with van der Waals surface area (Å²) in [5, 5.41) is 9.26. The quantitative estimate of drug-likeness (QED) is 0.870. The molecule has 134 valence electrons. The third kappa shape index (κ3) is 5.10. The average molecular weight is 350 g/mol. The van der Waals surface area contributed by atoms with Crippen LogP contribution in [0.15, 0.2) is 30.6 Å². The van der Waals surface area contributed by atoms with Crippen molar-refractivity contribution in [1.29, 1.82) is 0 Å². The van der Waals surface area contributed by atoms with Crippen LogP contribution in [-0.2, 0) is 10.3 Å². The number of halogens is 2. The fourth-order valence-corrected chi connectivity index (χ4v) is 2.04. The van der Waals surface area contributed by atoms with Crippen molar-refractivity contribution in [3.8, 4) is 0 Å². The van der Waals surface area contributed by atoms with Crippen LogP contribution in [0.25, 0.3) is 0 Å². The van der Waals surface area contributed by atoms with Gasteiger partial charge in [0.1, 0.15) is 11.6 Å². The number of carbonyl (C=O) groups excluding carboxylic acids is 2. The van der Waals surface area contributed by atoms with Crippen LogP contribution < -0.4 is 10.6 Å². The van der Waals surface area contributed by atoms with Crippen LogP contribution in [0.3, 0.4) is 0 Å². The third-order valence-corrected chi connectivity index (χ3v) is 3.37. The lowest BCUT2D eigenvalue weighted by Crippen LogP contribution is -2.28.